The summed E-state index contributed by atoms with van der Waals surface area (Å²) in [6, 6.07) is 15.2. The number of halogens is 1. The van der Waals surface area contributed by atoms with Crippen molar-refractivity contribution in [3.63, 3.8) is 0 Å². The topological polar surface area (TPSA) is 90.0 Å². The van der Waals surface area contributed by atoms with Crippen molar-refractivity contribution >= 4 is 38.6 Å². The number of nitrogens with zero attached hydrogens (tertiary/aromatic N) is 3. The molecule has 0 fully saturated rings. The normalized spacial score (nSPS) is 11.0. The predicted molar refractivity (Wildman–Crippen MR) is 118 cm³/mol. The summed E-state index contributed by atoms with van der Waals surface area (Å²) in [5.74, 6) is -0.200. The Balaban J connectivity index is 1.51. The van der Waals surface area contributed by atoms with Crippen molar-refractivity contribution in [2.45, 2.75) is 26.3 Å². The van der Waals surface area contributed by atoms with Crippen LogP contribution in [0, 0.1) is 0 Å². The first-order chi connectivity index (χ1) is 14.5. The highest BCUT2D eigenvalue weighted by molar-refractivity contribution is 9.10. The molecule has 30 heavy (non-hydrogen) atoms. The molecule has 0 radical (unpaired) electrons. The van der Waals surface area contributed by atoms with Crippen LogP contribution in [0.1, 0.15) is 18.9 Å². The lowest BCUT2D eigenvalue weighted by atomic mass is 10.1. The van der Waals surface area contributed by atoms with E-state index in [9.17, 15) is 9.59 Å². The number of rotatable bonds is 6. The molecule has 2 aromatic carbocycles. The number of aryl methyl sites for hydroxylation is 2. The Morgan fingerprint density at radius 3 is 2.73 bits per heavy atom. The molecule has 8 heteroatoms. The first kappa shape index (κ1) is 20.0. The number of amides is 1. The molecule has 0 saturated heterocycles. The monoisotopic (exact) mass is 466 g/mol. The zero-order valence-electron chi connectivity index (χ0n) is 16.3. The number of carbonyl (C=O) groups is 1. The van der Waals surface area contributed by atoms with E-state index in [1.54, 1.807) is 12.1 Å². The van der Waals surface area contributed by atoms with E-state index in [1.807, 2.05) is 36.4 Å². The van der Waals surface area contributed by atoms with Crippen LogP contribution in [-0.4, -0.2) is 20.6 Å². The maximum absolute atomic E-state index is 12.7. The van der Waals surface area contributed by atoms with E-state index in [-0.39, 0.29) is 30.0 Å². The smallest absolute Gasteiger partial charge is 0.299 e. The third-order valence-corrected chi connectivity index (χ3v) is 5.27. The fraction of sp³-hybridized carbons (Fsp3) is 0.182. The fourth-order valence-electron chi connectivity index (χ4n) is 3.11. The largest absolute Gasteiger partial charge is 0.348 e. The highest BCUT2D eigenvalue weighted by Gasteiger charge is 2.16. The summed E-state index contributed by atoms with van der Waals surface area (Å²) < 4.78 is 7.53. The van der Waals surface area contributed by atoms with Crippen LogP contribution in [0.3, 0.4) is 0 Å². The Bertz CT molecular complexity index is 1260. The van der Waals surface area contributed by atoms with Gasteiger partial charge in [0.05, 0.1) is 6.33 Å². The minimum absolute atomic E-state index is 0.0828. The molecule has 0 aliphatic carbocycles. The summed E-state index contributed by atoms with van der Waals surface area (Å²) in [4.78, 5) is 29.3. The van der Waals surface area contributed by atoms with E-state index in [4.69, 9.17) is 4.52 Å². The van der Waals surface area contributed by atoms with Crippen LogP contribution in [0.2, 0.25) is 0 Å². The van der Waals surface area contributed by atoms with Crippen LogP contribution >= 0.6 is 15.9 Å². The lowest BCUT2D eigenvalue weighted by molar-refractivity contribution is -0.116. The lowest BCUT2D eigenvalue weighted by Crippen LogP contribution is -2.23. The van der Waals surface area contributed by atoms with Gasteiger partial charge in [-0.2, -0.15) is 0 Å². The van der Waals surface area contributed by atoms with E-state index in [2.05, 4.69) is 38.3 Å². The van der Waals surface area contributed by atoms with Crippen molar-refractivity contribution < 1.29 is 9.32 Å². The van der Waals surface area contributed by atoms with Gasteiger partial charge in [0.2, 0.25) is 5.91 Å². The summed E-state index contributed by atoms with van der Waals surface area (Å²) >= 11 is 3.36. The summed E-state index contributed by atoms with van der Waals surface area (Å²) in [5, 5.41) is 6.85. The molecule has 1 amide bonds. The number of anilines is 1. The van der Waals surface area contributed by atoms with Crippen LogP contribution in [0.4, 0.5) is 5.69 Å². The SMILES string of the molecule is CCc1ccc(-c2noc3c(=O)n(CCC(=O)Nc4cccc(Br)c4)cnc23)cc1. The van der Waals surface area contributed by atoms with E-state index in [0.717, 1.165) is 16.5 Å². The summed E-state index contributed by atoms with van der Waals surface area (Å²) in [6.07, 6.45) is 2.50. The number of nitrogens with one attached hydrogen (secondary N) is 1. The molecule has 0 bridgehead atoms. The van der Waals surface area contributed by atoms with Crippen LogP contribution < -0.4 is 10.9 Å². The number of carbonyl (C=O) groups excluding carboxylic acids is 1. The average Bonchev–Trinajstić information content (AvgIpc) is 3.18. The first-order valence-electron chi connectivity index (χ1n) is 9.54. The standard InChI is InChI=1S/C22H19BrN4O3/c1-2-14-6-8-15(9-7-14)19-20-21(30-26-19)22(29)27(13-24-20)11-10-18(28)25-17-5-3-4-16(23)12-17/h3-9,12-13H,2,10-11H2,1H3,(H,25,28). The molecule has 0 spiro atoms. The number of benzene rings is 2. The lowest BCUT2D eigenvalue weighted by Gasteiger charge is -2.07. The molecule has 2 heterocycles. The Labute approximate surface area is 180 Å². The zero-order chi connectivity index (χ0) is 21.1. The molecule has 0 saturated carbocycles. The van der Waals surface area contributed by atoms with Gasteiger partial charge in [-0.3, -0.25) is 14.2 Å². The molecule has 0 aliphatic rings. The number of hydrogen-bond acceptors (Lipinski definition) is 5. The molecule has 0 aliphatic heterocycles. The molecule has 152 valence electrons. The zero-order valence-corrected chi connectivity index (χ0v) is 17.8. The van der Waals surface area contributed by atoms with Gasteiger partial charge in [-0.05, 0) is 30.2 Å². The number of fused-ring (bicyclic) bond motifs is 1. The van der Waals surface area contributed by atoms with Crippen LogP contribution in [0.5, 0.6) is 0 Å². The van der Waals surface area contributed by atoms with Gasteiger partial charge in [0.25, 0.3) is 11.1 Å². The minimum atomic E-state index is -0.362. The van der Waals surface area contributed by atoms with Crippen molar-refractivity contribution in [2.24, 2.45) is 0 Å². The Hall–Kier alpha value is -3.26. The average molecular weight is 467 g/mol. The van der Waals surface area contributed by atoms with Crippen molar-refractivity contribution in [1.82, 2.24) is 14.7 Å². The van der Waals surface area contributed by atoms with Gasteiger partial charge in [-0.15, -0.1) is 0 Å². The van der Waals surface area contributed by atoms with Crippen molar-refractivity contribution in [3.05, 3.63) is 75.2 Å². The molecular weight excluding hydrogens is 448 g/mol. The fourth-order valence-corrected chi connectivity index (χ4v) is 3.51. The van der Waals surface area contributed by atoms with Crippen molar-refractivity contribution in [1.29, 1.82) is 0 Å². The van der Waals surface area contributed by atoms with Crippen LogP contribution in [-0.2, 0) is 17.8 Å². The minimum Gasteiger partial charge on any atom is -0.348 e. The molecule has 4 rings (SSSR count). The second-order valence-corrected chi connectivity index (χ2v) is 7.73. The number of aromatic nitrogens is 3. The summed E-state index contributed by atoms with van der Waals surface area (Å²) in [5.41, 5.74) is 3.40. The second-order valence-electron chi connectivity index (χ2n) is 6.81. The quantitative estimate of drug-likeness (QED) is 0.454. The van der Waals surface area contributed by atoms with Gasteiger partial charge in [-0.1, -0.05) is 58.3 Å². The number of hydrogen-bond donors (Lipinski definition) is 1. The third kappa shape index (κ3) is 4.18. The highest BCUT2D eigenvalue weighted by Crippen LogP contribution is 2.25. The molecule has 2 aromatic heterocycles. The van der Waals surface area contributed by atoms with E-state index in [0.29, 0.717) is 16.9 Å². The summed E-state index contributed by atoms with van der Waals surface area (Å²) in [7, 11) is 0. The predicted octanol–water partition coefficient (Wildman–Crippen LogP) is 4.41. The highest BCUT2D eigenvalue weighted by atomic mass is 79.9. The molecule has 1 N–H and O–H groups in total. The Kier molecular flexibility index (Phi) is 5.76. The summed E-state index contributed by atoms with van der Waals surface area (Å²) in [6.45, 7) is 2.27. The molecule has 4 aromatic rings. The van der Waals surface area contributed by atoms with E-state index < -0.39 is 0 Å². The molecule has 7 nitrogen and oxygen atoms in total. The van der Waals surface area contributed by atoms with Gasteiger partial charge in [0.1, 0.15) is 11.2 Å². The van der Waals surface area contributed by atoms with Gasteiger partial charge in [-0.25, -0.2) is 4.98 Å². The molecule has 0 atom stereocenters. The third-order valence-electron chi connectivity index (χ3n) is 4.77. The van der Waals surface area contributed by atoms with Gasteiger partial charge >= 0.3 is 0 Å². The van der Waals surface area contributed by atoms with Crippen molar-refractivity contribution in [2.75, 3.05) is 5.32 Å². The Morgan fingerprint density at radius 1 is 1.20 bits per heavy atom. The van der Waals surface area contributed by atoms with Crippen LogP contribution in [0.15, 0.2) is 68.6 Å². The maximum atomic E-state index is 12.7. The first-order valence-corrected chi connectivity index (χ1v) is 10.3. The Morgan fingerprint density at radius 2 is 2.00 bits per heavy atom. The van der Waals surface area contributed by atoms with Crippen molar-refractivity contribution in [3.8, 4) is 11.3 Å². The van der Waals surface area contributed by atoms with E-state index >= 15 is 0 Å². The van der Waals surface area contributed by atoms with Gasteiger partial charge in [0.15, 0.2) is 0 Å². The second kappa shape index (κ2) is 8.62. The van der Waals surface area contributed by atoms with Gasteiger partial charge < -0.3 is 9.84 Å². The molecule has 0 unspecified atom stereocenters. The van der Waals surface area contributed by atoms with E-state index in [1.165, 1.54) is 16.5 Å². The molecular formula is C22H19BrN4O3. The maximum Gasteiger partial charge on any atom is 0.299 e. The van der Waals surface area contributed by atoms with Crippen LogP contribution in [0.25, 0.3) is 22.4 Å². The van der Waals surface area contributed by atoms with Gasteiger partial charge in [0, 0.05) is 28.7 Å².